The zero-order chi connectivity index (χ0) is 20.6. The Bertz CT molecular complexity index is 963. The number of rotatable bonds is 10. The highest BCUT2D eigenvalue weighted by Gasteiger charge is 2.13. The Morgan fingerprint density at radius 1 is 1.24 bits per heavy atom. The minimum Gasteiger partial charge on any atom is -0.380 e. The van der Waals surface area contributed by atoms with Crippen molar-refractivity contribution in [1.29, 1.82) is 0 Å². The van der Waals surface area contributed by atoms with E-state index in [9.17, 15) is 9.18 Å². The number of benzene rings is 1. The molecule has 0 spiro atoms. The molecule has 0 bridgehead atoms. The largest absolute Gasteiger partial charge is 0.380 e. The van der Waals surface area contributed by atoms with Crippen LogP contribution in [0.3, 0.4) is 0 Å². The Morgan fingerprint density at radius 3 is 2.76 bits per heavy atom. The van der Waals surface area contributed by atoms with Gasteiger partial charge >= 0.3 is 0 Å². The molecule has 3 rings (SSSR count). The molecule has 0 aliphatic rings. The van der Waals surface area contributed by atoms with Crippen LogP contribution >= 0.6 is 11.8 Å². The minimum atomic E-state index is -0.375. The van der Waals surface area contributed by atoms with Crippen LogP contribution in [0, 0.1) is 5.82 Å². The van der Waals surface area contributed by atoms with Gasteiger partial charge in [0, 0.05) is 25.3 Å². The van der Waals surface area contributed by atoms with Crippen LogP contribution < -0.4 is 10.6 Å². The molecule has 3 aromatic rings. The van der Waals surface area contributed by atoms with Crippen LogP contribution in [0.5, 0.6) is 0 Å². The third kappa shape index (κ3) is 5.42. The third-order valence-electron chi connectivity index (χ3n) is 4.12. The van der Waals surface area contributed by atoms with E-state index in [0.29, 0.717) is 55.0 Å². The van der Waals surface area contributed by atoms with Gasteiger partial charge in [-0.15, -0.1) is 0 Å². The Kier molecular flexibility index (Phi) is 7.36. The van der Waals surface area contributed by atoms with Crippen LogP contribution in [-0.2, 0) is 11.3 Å². The van der Waals surface area contributed by atoms with Gasteiger partial charge in [0.15, 0.2) is 10.8 Å². The quantitative estimate of drug-likeness (QED) is 0.297. The molecule has 2 heterocycles. The molecule has 0 saturated carbocycles. The lowest BCUT2D eigenvalue weighted by Gasteiger charge is -2.09. The molecular weight excluding hydrogens is 395 g/mol. The van der Waals surface area contributed by atoms with Gasteiger partial charge in [-0.1, -0.05) is 11.8 Å². The number of nitrogens with zero attached hydrogens (tertiary/aromatic N) is 4. The maximum absolute atomic E-state index is 13.0. The second-order valence-corrected chi connectivity index (χ2v) is 6.82. The van der Waals surface area contributed by atoms with Crippen molar-refractivity contribution in [3.63, 3.8) is 0 Å². The SMILES string of the molecule is CCOCCNc1nc(SC)nc2c1cnn2CCNC(=O)c1ccc(F)cc1. The summed E-state index contributed by atoms with van der Waals surface area (Å²) < 4.78 is 20.1. The molecular formula is C19H23FN6O2S. The molecule has 10 heteroatoms. The van der Waals surface area contributed by atoms with Gasteiger partial charge in [-0.05, 0) is 37.4 Å². The first-order chi connectivity index (χ1) is 14.1. The van der Waals surface area contributed by atoms with Crippen LogP contribution in [0.4, 0.5) is 10.2 Å². The Morgan fingerprint density at radius 2 is 2.03 bits per heavy atom. The molecule has 0 unspecified atom stereocenters. The van der Waals surface area contributed by atoms with Crippen molar-refractivity contribution in [2.24, 2.45) is 0 Å². The third-order valence-corrected chi connectivity index (χ3v) is 4.66. The standard InChI is InChI=1S/C19H23FN6O2S/c1-3-28-11-9-21-16-15-12-23-26(17(15)25-19(24-16)29-2)10-8-22-18(27)13-4-6-14(20)7-5-13/h4-7,12H,3,8-11H2,1-2H3,(H,22,27)(H,21,24,25). The first-order valence-electron chi connectivity index (χ1n) is 9.25. The fourth-order valence-electron chi connectivity index (χ4n) is 2.69. The molecule has 1 aromatic carbocycles. The smallest absolute Gasteiger partial charge is 0.251 e. The summed E-state index contributed by atoms with van der Waals surface area (Å²) in [6.07, 6.45) is 3.62. The number of nitrogens with one attached hydrogen (secondary N) is 2. The average molecular weight is 418 g/mol. The van der Waals surface area contributed by atoms with Crippen molar-refractivity contribution in [1.82, 2.24) is 25.1 Å². The van der Waals surface area contributed by atoms with E-state index in [2.05, 4.69) is 25.7 Å². The van der Waals surface area contributed by atoms with Gasteiger partial charge < -0.3 is 15.4 Å². The van der Waals surface area contributed by atoms with Gasteiger partial charge in [0.2, 0.25) is 0 Å². The van der Waals surface area contributed by atoms with Crippen LogP contribution in [0.2, 0.25) is 0 Å². The number of halogens is 1. The molecule has 8 nitrogen and oxygen atoms in total. The molecule has 0 saturated heterocycles. The number of carbonyl (C=O) groups is 1. The van der Waals surface area contributed by atoms with Gasteiger partial charge in [-0.3, -0.25) is 4.79 Å². The van der Waals surface area contributed by atoms with Crippen molar-refractivity contribution in [3.05, 3.63) is 41.8 Å². The fraction of sp³-hybridized carbons (Fsp3) is 0.368. The second kappa shape index (κ2) is 10.2. The van der Waals surface area contributed by atoms with Crippen LogP contribution in [-0.4, -0.2) is 58.2 Å². The summed E-state index contributed by atoms with van der Waals surface area (Å²) in [4.78, 5) is 21.2. The number of hydrogen-bond acceptors (Lipinski definition) is 7. The molecule has 0 aliphatic heterocycles. The topological polar surface area (TPSA) is 94.0 Å². The zero-order valence-corrected chi connectivity index (χ0v) is 17.1. The summed E-state index contributed by atoms with van der Waals surface area (Å²) in [5.41, 5.74) is 1.10. The van der Waals surface area contributed by atoms with E-state index in [-0.39, 0.29) is 11.7 Å². The normalized spacial score (nSPS) is 11.0. The lowest BCUT2D eigenvalue weighted by atomic mass is 10.2. The fourth-order valence-corrected chi connectivity index (χ4v) is 3.05. The second-order valence-electron chi connectivity index (χ2n) is 6.05. The highest BCUT2D eigenvalue weighted by atomic mass is 32.2. The average Bonchev–Trinajstić information content (AvgIpc) is 3.14. The van der Waals surface area contributed by atoms with Gasteiger partial charge in [0.05, 0.1) is 24.7 Å². The molecule has 154 valence electrons. The predicted octanol–water partition coefficient (Wildman–Crippen LogP) is 2.57. The Hall–Kier alpha value is -2.72. The number of ether oxygens (including phenoxy) is 1. The summed E-state index contributed by atoms with van der Waals surface area (Å²) in [7, 11) is 0. The lowest BCUT2D eigenvalue weighted by molar-refractivity contribution is 0.0952. The molecule has 0 fully saturated rings. The molecule has 29 heavy (non-hydrogen) atoms. The number of aromatic nitrogens is 4. The molecule has 0 radical (unpaired) electrons. The van der Waals surface area contributed by atoms with Gasteiger partial charge in [-0.2, -0.15) is 5.10 Å². The molecule has 0 atom stereocenters. The number of amides is 1. The van der Waals surface area contributed by atoms with E-state index in [4.69, 9.17) is 4.74 Å². The zero-order valence-electron chi connectivity index (χ0n) is 16.3. The van der Waals surface area contributed by atoms with Crippen molar-refractivity contribution in [3.8, 4) is 0 Å². The predicted molar refractivity (Wildman–Crippen MR) is 111 cm³/mol. The van der Waals surface area contributed by atoms with Crippen molar-refractivity contribution in [2.45, 2.75) is 18.6 Å². The lowest BCUT2D eigenvalue weighted by Crippen LogP contribution is -2.27. The first kappa shape index (κ1) is 21.0. The summed E-state index contributed by atoms with van der Waals surface area (Å²) in [5, 5.41) is 11.9. The van der Waals surface area contributed by atoms with Crippen molar-refractivity contribution in [2.75, 3.05) is 37.9 Å². The Balaban J connectivity index is 1.67. The first-order valence-corrected chi connectivity index (χ1v) is 10.5. The van der Waals surface area contributed by atoms with Gasteiger partial charge in [0.25, 0.3) is 5.91 Å². The number of thioether (sulfide) groups is 1. The van der Waals surface area contributed by atoms with E-state index in [1.54, 1.807) is 10.9 Å². The minimum absolute atomic E-state index is 0.265. The van der Waals surface area contributed by atoms with Crippen LogP contribution in [0.25, 0.3) is 11.0 Å². The Labute approximate surface area is 172 Å². The number of hydrogen-bond donors (Lipinski definition) is 2. The van der Waals surface area contributed by atoms with E-state index < -0.39 is 0 Å². The van der Waals surface area contributed by atoms with E-state index in [1.807, 2.05) is 13.2 Å². The summed E-state index contributed by atoms with van der Waals surface area (Å²) in [6, 6.07) is 5.42. The monoisotopic (exact) mass is 418 g/mol. The maximum Gasteiger partial charge on any atom is 0.251 e. The van der Waals surface area contributed by atoms with Gasteiger partial charge in [-0.25, -0.2) is 19.0 Å². The van der Waals surface area contributed by atoms with E-state index in [0.717, 1.165) is 5.39 Å². The number of anilines is 1. The molecule has 2 aromatic heterocycles. The highest BCUT2D eigenvalue weighted by Crippen LogP contribution is 2.23. The van der Waals surface area contributed by atoms with Crippen LogP contribution in [0.1, 0.15) is 17.3 Å². The molecule has 1 amide bonds. The van der Waals surface area contributed by atoms with Crippen molar-refractivity contribution < 1.29 is 13.9 Å². The van der Waals surface area contributed by atoms with E-state index >= 15 is 0 Å². The number of fused-ring (bicyclic) bond motifs is 1. The number of carbonyl (C=O) groups excluding carboxylic acids is 1. The van der Waals surface area contributed by atoms with Crippen LogP contribution in [0.15, 0.2) is 35.6 Å². The molecule has 0 aliphatic carbocycles. The summed E-state index contributed by atoms with van der Waals surface area (Å²) in [5.74, 6) is 0.0688. The summed E-state index contributed by atoms with van der Waals surface area (Å²) >= 11 is 1.45. The highest BCUT2D eigenvalue weighted by molar-refractivity contribution is 7.98. The molecule has 2 N–H and O–H groups in total. The van der Waals surface area contributed by atoms with Crippen molar-refractivity contribution >= 4 is 34.5 Å². The van der Waals surface area contributed by atoms with E-state index in [1.165, 1.54) is 36.0 Å². The van der Waals surface area contributed by atoms with Gasteiger partial charge in [0.1, 0.15) is 11.6 Å². The maximum atomic E-state index is 13.0. The summed E-state index contributed by atoms with van der Waals surface area (Å²) in [6.45, 7) is 4.64.